The van der Waals surface area contributed by atoms with Crippen molar-refractivity contribution in [3.05, 3.63) is 58.6 Å². The van der Waals surface area contributed by atoms with Crippen molar-refractivity contribution in [2.24, 2.45) is 0 Å². The van der Waals surface area contributed by atoms with Crippen LogP contribution in [0, 0.1) is 6.92 Å². The Morgan fingerprint density at radius 1 is 1.26 bits per heavy atom. The molecule has 5 nitrogen and oxygen atoms in total. The van der Waals surface area contributed by atoms with Crippen molar-refractivity contribution in [2.75, 3.05) is 5.75 Å². The summed E-state index contributed by atoms with van der Waals surface area (Å²) in [4.78, 5) is 19.8. The third-order valence-electron chi connectivity index (χ3n) is 3.74. The fraction of sp³-hybridized carbons (Fsp3) is 0.176. The molecule has 2 heterocycles. The van der Waals surface area contributed by atoms with Crippen molar-refractivity contribution in [1.29, 1.82) is 0 Å². The van der Waals surface area contributed by atoms with Gasteiger partial charge in [-0.3, -0.25) is 4.57 Å². The van der Waals surface area contributed by atoms with Crippen LogP contribution in [-0.4, -0.2) is 20.3 Å². The molecule has 0 atom stereocenters. The molecule has 1 N–H and O–H groups in total. The summed E-state index contributed by atoms with van der Waals surface area (Å²) in [5.74, 6) is 0.425. The van der Waals surface area contributed by atoms with E-state index in [-0.39, 0.29) is 5.76 Å². The van der Waals surface area contributed by atoms with Gasteiger partial charge in [0.05, 0.1) is 16.6 Å². The molecule has 0 saturated heterocycles. The molecular weight excluding hydrogens is 310 g/mol. The maximum Gasteiger partial charge on any atom is 0.419 e. The lowest BCUT2D eigenvalue weighted by molar-refractivity contribution is 0.514. The third kappa shape index (κ3) is 2.66. The molecule has 0 amide bonds. The van der Waals surface area contributed by atoms with Gasteiger partial charge >= 0.3 is 5.76 Å². The van der Waals surface area contributed by atoms with E-state index in [2.05, 4.69) is 29.0 Å². The second-order valence-electron chi connectivity index (χ2n) is 5.40. The number of H-pyrrole nitrogens is 1. The first-order valence-corrected chi connectivity index (χ1v) is 8.37. The Hall–Kier alpha value is -2.47. The lowest BCUT2D eigenvalue weighted by atomic mass is 10.2. The number of nitrogens with zero attached hydrogens (tertiary/aromatic N) is 2. The van der Waals surface area contributed by atoms with Crippen molar-refractivity contribution in [3.8, 4) is 0 Å². The minimum absolute atomic E-state index is 0.313. The van der Waals surface area contributed by atoms with Gasteiger partial charge in [0.15, 0.2) is 10.7 Å². The van der Waals surface area contributed by atoms with E-state index in [0.29, 0.717) is 12.1 Å². The van der Waals surface area contributed by atoms with Gasteiger partial charge in [0.25, 0.3) is 0 Å². The van der Waals surface area contributed by atoms with Gasteiger partial charge in [-0.2, -0.15) is 0 Å². The van der Waals surface area contributed by atoms with Gasteiger partial charge in [-0.25, -0.2) is 9.78 Å². The number of aryl methyl sites for hydroxylation is 2. The first-order chi connectivity index (χ1) is 11.2. The summed E-state index contributed by atoms with van der Waals surface area (Å²) in [6, 6.07) is 13.6. The first kappa shape index (κ1) is 14.1. The number of oxazole rings is 1. The third-order valence-corrected chi connectivity index (χ3v) is 4.60. The molecule has 4 aromatic rings. The Kier molecular flexibility index (Phi) is 3.46. The number of hydrogen-bond acceptors (Lipinski definition) is 4. The van der Waals surface area contributed by atoms with Crippen LogP contribution >= 0.6 is 11.8 Å². The molecule has 0 aliphatic rings. The van der Waals surface area contributed by atoms with Gasteiger partial charge < -0.3 is 9.40 Å². The Labute approximate surface area is 136 Å². The maximum absolute atomic E-state index is 11.9. The summed E-state index contributed by atoms with van der Waals surface area (Å²) < 4.78 is 6.90. The molecule has 0 fully saturated rings. The number of benzene rings is 2. The molecule has 0 aliphatic heterocycles. The predicted molar refractivity (Wildman–Crippen MR) is 92.0 cm³/mol. The monoisotopic (exact) mass is 325 g/mol. The van der Waals surface area contributed by atoms with Gasteiger partial charge in [0.1, 0.15) is 0 Å². The van der Waals surface area contributed by atoms with E-state index in [1.54, 1.807) is 16.3 Å². The summed E-state index contributed by atoms with van der Waals surface area (Å²) in [5, 5.41) is 0.867. The molecule has 116 valence electrons. The van der Waals surface area contributed by atoms with E-state index in [0.717, 1.165) is 27.5 Å². The molecule has 2 aromatic heterocycles. The fourth-order valence-corrected chi connectivity index (χ4v) is 3.44. The van der Waals surface area contributed by atoms with Gasteiger partial charge in [0, 0.05) is 12.3 Å². The molecule has 0 unspecified atom stereocenters. The Morgan fingerprint density at radius 2 is 2.13 bits per heavy atom. The highest BCUT2D eigenvalue weighted by Gasteiger charge is 2.09. The molecule has 0 spiro atoms. The van der Waals surface area contributed by atoms with Gasteiger partial charge in [-0.15, -0.1) is 0 Å². The lowest BCUT2D eigenvalue weighted by Crippen LogP contribution is -2.15. The van der Waals surface area contributed by atoms with Crippen molar-refractivity contribution in [1.82, 2.24) is 14.5 Å². The molecule has 6 heteroatoms. The molecule has 0 radical (unpaired) electrons. The summed E-state index contributed by atoms with van der Waals surface area (Å²) >= 11 is 1.60. The van der Waals surface area contributed by atoms with E-state index < -0.39 is 0 Å². The Morgan fingerprint density at radius 3 is 3.04 bits per heavy atom. The highest BCUT2D eigenvalue weighted by Crippen LogP contribution is 2.21. The van der Waals surface area contributed by atoms with Crippen molar-refractivity contribution in [3.63, 3.8) is 0 Å². The molecule has 0 saturated carbocycles. The minimum Gasteiger partial charge on any atom is -0.408 e. The van der Waals surface area contributed by atoms with Gasteiger partial charge in [-0.05, 0) is 36.8 Å². The van der Waals surface area contributed by atoms with Crippen molar-refractivity contribution >= 4 is 33.9 Å². The summed E-state index contributed by atoms with van der Waals surface area (Å²) in [5.41, 5.74) is 4.66. The number of aromatic amines is 1. The van der Waals surface area contributed by atoms with Gasteiger partial charge in [-0.1, -0.05) is 30.0 Å². The van der Waals surface area contributed by atoms with Crippen LogP contribution in [-0.2, 0) is 6.54 Å². The Balaban J connectivity index is 1.52. The zero-order valence-corrected chi connectivity index (χ0v) is 13.4. The molecule has 2 aromatic carbocycles. The maximum atomic E-state index is 11.9. The second kappa shape index (κ2) is 5.62. The summed E-state index contributed by atoms with van der Waals surface area (Å²) in [6.45, 7) is 2.64. The fourth-order valence-electron chi connectivity index (χ4n) is 2.63. The van der Waals surface area contributed by atoms with Crippen LogP contribution in [0.1, 0.15) is 5.56 Å². The molecular formula is C17H15N3O2S. The molecule has 0 aliphatic carbocycles. The van der Waals surface area contributed by atoms with E-state index in [1.807, 2.05) is 30.3 Å². The number of fused-ring (bicyclic) bond motifs is 2. The molecule has 23 heavy (non-hydrogen) atoms. The van der Waals surface area contributed by atoms with E-state index >= 15 is 0 Å². The molecule has 4 rings (SSSR count). The lowest BCUT2D eigenvalue weighted by Gasteiger charge is -2.00. The summed E-state index contributed by atoms with van der Waals surface area (Å²) in [7, 11) is 0. The largest absolute Gasteiger partial charge is 0.419 e. The van der Waals surface area contributed by atoms with Crippen LogP contribution in [0.4, 0.5) is 0 Å². The van der Waals surface area contributed by atoms with Crippen molar-refractivity contribution in [2.45, 2.75) is 18.6 Å². The second-order valence-corrected chi connectivity index (χ2v) is 6.48. The van der Waals surface area contributed by atoms with Crippen LogP contribution in [0.2, 0.25) is 0 Å². The predicted octanol–water partition coefficient (Wildman–Crippen LogP) is 3.57. The average Bonchev–Trinajstić information content (AvgIpc) is 3.07. The number of nitrogens with one attached hydrogen (secondary N) is 1. The number of hydrogen-bond donors (Lipinski definition) is 1. The Bertz CT molecular complexity index is 1040. The quantitative estimate of drug-likeness (QED) is 0.583. The zero-order chi connectivity index (χ0) is 15.8. The highest BCUT2D eigenvalue weighted by molar-refractivity contribution is 7.99. The average molecular weight is 325 g/mol. The summed E-state index contributed by atoms with van der Waals surface area (Å²) in [6.07, 6.45) is 0. The SMILES string of the molecule is Cc1ccc2nc(SCCn3c(=O)oc4ccccc43)[nH]c2c1. The number of para-hydroxylation sites is 2. The zero-order valence-electron chi connectivity index (χ0n) is 12.6. The number of rotatable bonds is 4. The van der Waals surface area contributed by atoms with E-state index in [9.17, 15) is 4.79 Å². The van der Waals surface area contributed by atoms with Crippen LogP contribution in [0.3, 0.4) is 0 Å². The standard InChI is InChI=1S/C17H15N3O2S/c1-11-6-7-12-13(10-11)19-16(18-12)23-9-8-20-14-4-2-3-5-15(14)22-17(20)21/h2-7,10H,8-9H2,1H3,(H,18,19). The van der Waals surface area contributed by atoms with Crippen LogP contribution in [0.25, 0.3) is 22.1 Å². The smallest absolute Gasteiger partial charge is 0.408 e. The van der Waals surface area contributed by atoms with Crippen LogP contribution < -0.4 is 5.76 Å². The first-order valence-electron chi connectivity index (χ1n) is 7.38. The van der Waals surface area contributed by atoms with Crippen LogP contribution in [0.15, 0.2) is 56.8 Å². The molecule has 0 bridgehead atoms. The van der Waals surface area contributed by atoms with E-state index in [1.165, 1.54) is 5.56 Å². The van der Waals surface area contributed by atoms with E-state index in [4.69, 9.17) is 4.42 Å². The minimum atomic E-state index is -0.313. The van der Waals surface area contributed by atoms with Crippen LogP contribution in [0.5, 0.6) is 0 Å². The number of thioether (sulfide) groups is 1. The topological polar surface area (TPSA) is 63.8 Å². The van der Waals surface area contributed by atoms with Gasteiger partial charge in [0.2, 0.25) is 0 Å². The number of imidazole rings is 1. The normalized spacial score (nSPS) is 11.5. The number of aromatic nitrogens is 3. The van der Waals surface area contributed by atoms with Crippen molar-refractivity contribution < 1.29 is 4.42 Å². The highest BCUT2D eigenvalue weighted by atomic mass is 32.2.